The third-order valence-corrected chi connectivity index (χ3v) is 7.63. The molecule has 4 aliphatic carbocycles. The molecule has 1 aromatic rings. The van der Waals surface area contributed by atoms with Crippen LogP contribution in [0, 0.1) is 24.2 Å². The molecule has 1 saturated heterocycles. The zero-order chi connectivity index (χ0) is 17.2. The van der Waals surface area contributed by atoms with E-state index in [9.17, 15) is 9.90 Å². The smallest absolute Gasteiger partial charge is 0.228 e. The first-order chi connectivity index (χ1) is 12.0. The minimum Gasteiger partial charge on any atom is -0.391 e. The van der Waals surface area contributed by atoms with E-state index in [1.807, 2.05) is 4.90 Å². The Labute approximate surface area is 150 Å². The zero-order valence-corrected chi connectivity index (χ0v) is 15.2. The fraction of sp³-hybridized carbons (Fsp3) is 0.682. The lowest BCUT2D eigenvalue weighted by Gasteiger charge is -2.62. The fourth-order valence-electron chi connectivity index (χ4n) is 7.02. The summed E-state index contributed by atoms with van der Waals surface area (Å²) in [7, 11) is 0. The number of aliphatic hydroxyl groups is 1. The van der Waals surface area contributed by atoms with Gasteiger partial charge in [0.15, 0.2) is 0 Å². The summed E-state index contributed by atoms with van der Waals surface area (Å²) in [5, 5.41) is 9.89. The standard InChI is InChI=1S/C22H29NO2/c1-15-2-4-18(5-3-15)21-9-16-8-17(10-21)12-22(11-16,14-21)20(25)23-7-6-19(24)13-23/h2-5,16-17,19,24H,6-14H2,1H3/t16?,17?,19-,21?,22?/m1/s1. The monoisotopic (exact) mass is 339 g/mol. The van der Waals surface area contributed by atoms with Gasteiger partial charge in [0.2, 0.25) is 5.91 Å². The molecule has 25 heavy (non-hydrogen) atoms. The first-order valence-corrected chi connectivity index (χ1v) is 10.0. The Morgan fingerprint density at radius 2 is 1.80 bits per heavy atom. The van der Waals surface area contributed by atoms with Crippen molar-refractivity contribution in [1.82, 2.24) is 4.90 Å². The van der Waals surface area contributed by atoms with E-state index in [0.29, 0.717) is 24.3 Å². The van der Waals surface area contributed by atoms with Crippen molar-refractivity contribution in [1.29, 1.82) is 0 Å². The largest absolute Gasteiger partial charge is 0.391 e. The number of benzene rings is 1. The highest BCUT2D eigenvalue weighted by Gasteiger charge is 2.61. The Morgan fingerprint density at radius 3 is 2.40 bits per heavy atom. The van der Waals surface area contributed by atoms with Gasteiger partial charge in [-0.2, -0.15) is 0 Å². The van der Waals surface area contributed by atoms with Crippen molar-refractivity contribution in [2.75, 3.05) is 13.1 Å². The number of hydrogen-bond donors (Lipinski definition) is 1. The van der Waals surface area contributed by atoms with Crippen molar-refractivity contribution in [3.05, 3.63) is 35.4 Å². The second kappa shape index (κ2) is 5.33. The molecule has 2 unspecified atom stereocenters. The van der Waals surface area contributed by atoms with Crippen molar-refractivity contribution < 1.29 is 9.90 Å². The first-order valence-electron chi connectivity index (χ1n) is 10.0. The van der Waals surface area contributed by atoms with Gasteiger partial charge >= 0.3 is 0 Å². The number of nitrogens with zero attached hydrogens (tertiary/aromatic N) is 1. The Morgan fingerprint density at radius 1 is 1.12 bits per heavy atom. The van der Waals surface area contributed by atoms with Gasteiger partial charge in [-0.15, -0.1) is 0 Å². The molecule has 4 bridgehead atoms. The van der Waals surface area contributed by atoms with Crippen molar-refractivity contribution in [3.8, 4) is 0 Å². The maximum atomic E-state index is 13.5. The molecule has 1 aliphatic heterocycles. The highest BCUT2D eigenvalue weighted by molar-refractivity contribution is 5.84. The van der Waals surface area contributed by atoms with Crippen molar-refractivity contribution >= 4 is 5.91 Å². The third-order valence-electron chi connectivity index (χ3n) is 7.63. The number of aliphatic hydroxyl groups excluding tert-OH is 1. The van der Waals surface area contributed by atoms with Crippen LogP contribution < -0.4 is 0 Å². The molecule has 0 radical (unpaired) electrons. The van der Waals surface area contributed by atoms with E-state index < -0.39 is 0 Å². The second-order valence-corrected chi connectivity index (χ2v) is 9.58. The van der Waals surface area contributed by atoms with E-state index in [1.54, 1.807) is 0 Å². The number of hydrogen-bond acceptors (Lipinski definition) is 2. The average molecular weight is 339 g/mol. The van der Waals surface area contributed by atoms with Gasteiger partial charge in [-0.25, -0.2) is 0 Å². The van der Waals surface area contributed by atoms with Crippen LogP contribution in [0.25, 0.3) is 0 Å². The van der Waals surface area contributed by atoms with E-state index in [1.165, 1.54) is 30.4 Å². The molecule has 3 atom stereocenters. The van der Waals surface area contributed by atoms with Gasteiger partial charge in [0.05, 0.1) is 11.5 Å². The number of likely N-dealkylation sites (tertiary alicyclic amines) is 1. The number of amides is 1. The quantitative estimate of drug-likeness (QED) is 0.897. The second-order valence-electron chi connectivity index (χ2n) is 9.58. The minimum atomic E-state index is -0.316. The molecule has 5 fully saturated rings. The first kappa shape index (κ1) is 15.9. The summed E-state index contributed by atoms with van der Waals surface area (Å²) >= 11 is 0. The third kappa shape index (κ3) is 2.38. The highest BCUT2D eigenvalue weighted by atomic mass is 16.3. The number of β-amino-alcohol motifs (C(OH)–C–C–N with tert-alkyl or cyclic N) is 1. The lowest BCUT2D eigenvalue weighted by molar-refractivity contribution is -0.159. The predicted octanol–water partition coefficient (Wildman–Crippen LogP) is 3.43. The maximum absolute atomic E-state index is 13.5. The summed E-state index contributed by atoms with van der Waals surface area (Å²) in [4.78, 5) is 15.5. The molecule has 0 spiro atoms. The van der Waals surface area contributed by atoms with E-state index in [-0.39, 0.29) is 16.9 Å². The van der Waals surface area contributed by atoms with E-state index in [2.05, 4.69) is 31.2 Å². The van der Waals surface area contributed by atoms with Crippen molar-refractivity contribution in [3.63, 3.8) is 0 Å². The summed E-state index contributed by atoms with van der Waals surface area (Å²) in [6, 6.07) is 9.11. The predicted molar refractivity (Wildman–Crippen MR) is 97.2 cm³/mol. The Kier molecular flexibility index (Phi) is 3.38. The van der Waals surface area contributed by atoms with Crippen LogP contribution in [0.4, 0.5) is 0 Å². The number of rotatable bonds is 2. The lowest BCUT2D eigenvalue weighted by atomic mass is 9.42. The molecule has 4 saturated carbocycles. The van der Waals surface area contributed by atoms with Gasteiger partial charge < -0.3 is 10.0 Å². The minimum absolute atomic E-state index is 0.154. The van der Waals surface area contributed by atoms with Gasteiger partial charge in [0.1, 0.15) is 0 Å². The van der Waals surface area contributed by atoms with Gasteiger partial charge in [-0.05, 0) is 74.7 Å². The molecule has 1 heterocycles. The van der Waals surface area contributed by atoms with Crippen LogP contribution in [-0.2, 0) is 10.2 Å². The van der Waals surface area contributed by atoms with Gasteiger partial charge in [0, 0.05) is 13.1 Å². The van der Waals surface area contributed by atoms with E-state index in [0.717, 1.165) is 32.2 Å². The fourth-order valence-corrected chi connectivity index (χ4v) is 7.02. The average Bonchev–Trinajstić information content (AvgIpc) is 3.00. The van der Waals surface area contributed by atoms with Crippen molar-refractivity contribution in [2.45, 2.75) is 63.4 Å². The van der Waals surface area contributed by atoms with E-state index in [4.69, 9.17) is 0 Å². The molecular weight excluding hydrogens is 310 g/mol. The molecule has 0 aromatic heterocycles. The number of carbonyl (C=O) groups is 1. The summed E-state index contributed by atoms with van der Waals surface area (Å²) in [5.74, 6) is 1.77. The molecule has 3 heteroatoms. The topological polar surface area (TPSA) is 40.5 Å². The molecule has 1 aromatic carbocycles. The number of carbonyl (C=O) groups excluding carboxylic acids is 1. The summed E-state index contributed by atoms with van der Waals surface area (Å²) in [6.45, 7) is 3.44. The summed E-state index contributed by atoms with van der Waals surface area (Å²) in [5.41, 5.74) is 2.83. The van der Waals surface area contributed by atoms with Gasteiger partial charge in [-0.3, -0.25) is 4.79 Å². The Bertz CT molecular complexity index is 680. The number of aryl methyl sites for hydroxylation is 1. The molecular formula is C22H29NO2. The van der Waals surface area contributed by atoms with Crippen LogP contribution >= 0.6 is 0 Å². The molecule has 1 N–H and O–H groups in total. The maximum Gasteiger partial charge on any atom is 0.228 e. The van der Waals surface area contributed by atoms with Crippen LogP contribution in [0.2, 0.25) is 0 Å². The summed E-state index contributed by atoms with van der Waals surface area (Å²) in [6.07, 6.45) is 7.49. The van der Waals surface area contributed by atoms with Crippen LogP contribution in [0.15, 0.2) is 24.3 Å². The van der Waals surface area contributed by atoms with Crippen molar-refractivity contribution in [2.24, 2.45) is 17.3 Å². The molecule has 5 aliphatic rings. The van der Waals surface area contributed by atoms with E-state index >= 15 is 0 Å². The SMILES string of the molecule is Cc1ccc(C23CC4CC(CC(C(=O)N5CC[C@@H](O)C5)(C4)C2)C3)cc1. The van der Waals surface area contributed by atoms with Crippen LogP contribution in [-0.4, -0.2) is 35.1 Å². The summed E-state index contributed by atoms with van der Waals surface area (Å²) < 4.78 is 0. The van der Waals surface area contributed by atoms with Gasteiger partial charge in [-0.1, -0.05) is 29.8 Å². The molecule has 3 nitrogen and oxygen atoms in total. The van der Waals surface area contributed by atoms with Crippen LogP contribution in [0.3, 0.4) is 0 Å². The Hall–Kier alpha value is -1.35. The Balaban J connectivity index is 1.50. The molecule has 134 valence electrons. The van der Waals surface area contributed by atoms with Crippen LogP contribution in [0.5, 0.6) is 0 Å². The molecule has 1 amide bonds. The normalized spacial score (nSPS) is 42.2. The highest BCUT2D eigenvalue weighted by Crippen LogP contribution is 2.66. The van der Waals surface area contributed by atoms with Crippen LogP contribution in [0.1, 0.15) is 56.1 Å². The van der Waals surface area contributed by atoms with Gasteiger partial charge in [0.25, 0.3) is 0 Å². The molecule has 6 rings (SSSR count). The lowest BCUT2D eigenvalue weighted by Crippen LogP contribution is -2.59. The zero-order valence-electron chi connectivity index (χ0n) is 15.2.